The van der Waals surface area contributed by atoms with Crippen LogP contribution in [0.25, 0.3) is 0 Å². The van der Waals surface area contributed by atoms with Gasteiger partial charge >= 0.3 is 0 Å². The number of amides is 1. The number of aromatic amines is 1. The Morgan fingerprint density at radius 3 is 3.00 bits per heavy atom. The lowest BCUT2D eigenvalue weighted by Crippen LogP contribution is -2.15. The van der Waals surface area contributed by atoms with Crippen molar-refractivity contribution in [1.82, 2.24) is 10.2 Å². The molecule has 0 atom stereocenters. The van der Waals surface area contributed by atoms with Gasteiger partial charge in [0.1, 0.15) is 5.82 Å². The topological polar surface area (TPSA) is 57.8 Å². The molecule has 1 aliphatic carbocycles. The summed E-state index contributed by atoms with van der Waals surface area (Å²) in [6, 6.07) is 0. The predicted molar refractivity (Wildman–Crippen MR) is 58.5 cm³/mol. The van der Waals surface area contributed by atoms with Gasteiger partial charge in [0, 0.05) is 11.5 Å². The highest BCUT2D eigenvalue weighted by Crippen LogP contribution is 2.30. The average molecular weight is 207 g/mol. The SMILES string of the molecule is CC(C)Cc1cn[nH]c1NC(=O)C1CC1. The van der Waals surface area contributed by atoms with Crippen LogP contribution in [-0.4, -0.2) is 16.1 Å². The maximum Gasteiger partial charge on any atom is 0.228 e. The minimum atomic E-state index is 0.129. The molecule has 1 aromatic rings. The number of carbonyl (C=O) groups excluding carboxylic acids is 1. The Kier molecular flexibility index (Phi) is 2.75. The minimum absolute atomic E-state index is 0.129. The number of hydrogen-bond acceptors (Lipinski definition) is 2. The standard InChI is InChI=1S/C11H17N3O/c1-7(2)5-9-6-12-14-10(9)13-11(15)8-3-4-8/h6-8H,3-5H2,1-2H3,(H2,12,13,14,15). The Balaban J connectivity index is 2.00. The highest BCUT2D eigenvalue weighted by atomic mass is 16.2. The van der Waals surface area contributed by atoms with E-state index in [1.54, 1.807) is 6.20 Å². The van der Waals surface area contributed by atoms with Crippen molar-refractivity contribution in [1.29, 1.82) is 0 Å². The highest BCUT2D eigenvalue weighted by Gasteiger charge is 2.30. The molecule has 0 unspecified atom stereocenters. The molecule has 0 aromatic carbocycles. The van der Waals surface area contributed by atoms with Gasteiger partial charge in [0.2, 0.25) is 5.91 Å². The van der Waals surface area contributed by atoms with Gasteiger partial charge < -0.3 is 5.32 Å². The number of nitrogens with zero attached hydrogens (tertiary/aromatic N) is 1. The van der Waals surface area contributed by atoms with Gasteiger partial charge in [-0.25, -0.2) is 0 Å². The van der Waals surface area contributed by atoms with Crippen LogP contribution in [0.4, 0.5) is 5.82 Å². The maximum atomic E-state index is 11.6. The van der Waals surface area contributed by atoms with Crippen molar-refractivity contribution in [3.05, 3.63) is 11.8 Å². The summed E-state index contributed by atoms with van der Waals surface area (Å²) in [6.07, 6.45) is 4.79. The summed E-state index contributed by atoms with van der Waals surface area (Å²) in [5.41, 5.74) is 1.10. The van der Waals surface area contributed by atoms with E-state index in [9.17, 15) is 4.79 Å². The molecule has 1 fully saturated rings. The molecule has 0 saturated heterocycles. The van der Waals surface area contributed by atoms with Gasteiger partial charge in [0.15, 0.2) is 0 Å². The Hall–Kier alpha value is -1.32. The van der Waals surface area contributed by atoms with Crippen LogP contribution in [0.2, 0.25) is 0 Å². The van der Waals surface area contributed by atoms with Crippen molar-refractivity contribution in [3.8, 4) is 0 Å². The van der Waals surface area contributed by atoms with Gasteiger partial charge in [0.25, 0.3) is 0 Å². The monoisotopic (exact) mass is 207 g/mol. The van der Waals surface area contributed by atoms with Gasteiger partial charge in [-0.05, 0) is 25.2 Å². The predicted octanol–water partition coefficient (Wildman–Crippen LogP) is 1.96. The molecule has 1 heterocycles. The summed E-state index contributed by atoms with van der Waals surface area (Å²) in [4.78, 5) is 11.6. The maximum absolute atomic E-state index is 11.6. The first-order valence-electron chi connectivity index (χ1n) is 5.50. The van der Waals surface area contributed by atoms with Gasteiger partial charge in [0.05, 0.1) is 6.20 Å². The van der Waals surface area contributed by atoms with Crippen molar-refractivity contribution in [3.63, 3.8) is 0 Å². The Morgan fingerprint density at radius 1 is 1.67 bits per heavy atom. The molecule has 0 aliphatic heterocycles. The summed E-state index contributed by atoms with van der Waals surface area (Å²) in [5.74, 6) is 1.71. The molecular weight excluding hydrogens is 190 g/mol. The molecule has 0 spiro atoms. The molecule has 2 N–H and O–H groups in total. The summed E-state index contributed by atoms with van der Waals surface area (Å²) >= 11 is 0. The van der Waals surface area contributed by atoms with Crippen LogP contribution < -0.4 is 5.32 Å². The lowest BCUT2D eigenvalue weighted by Gasteiger charge is -2.06. The van der Waals surface area contributed by atoms with E-state index >= 15 is 0 Å². The fourth-order valence-corrected chi connectivity index (χ4v) is 1.58. The number of hydrogen-bond donors (Lipinski definition) is 2. The second-order valence-electron chi connectivity index (χ2n) is 4.63. The largest absolute Gasteiger partial charge is 0.311 e. The van der Waals surface area contributed by atoms with Crippen molar-refractivity contribution in [2.75, 3.05) is 5.32 Å². The number of carbonyl (C=O) groups is 1. The van der Waals surface area contributed by atoms with Crippen molar-refractivity contribution in [2.24, 2.45) is 11.8 Å². The lowest BCUT2D eigenvalue weighted by atomic mass is 10.1. The first-order chi connectivity index (χ1) is 7.16. The number of anilines is 1. The van der Waals surface area contributed by atoms with Crippen LogP contribution in [0.1, 0.15) is 32.3 Å². The molecular formula is C11H17N3O. The van der Waals surface area contributed by atoms with Crippen LogP contribution >= 0.6 is 0 Å². The van der Waals surface area contributed by atoms with E-state index in [0.717, 1.165) is 30.6 Å². The summed E-state index contributed by atoms with van der Waals surface area (Å²) in [5, 5.41) is 9.71. The molecule has 1 aromatic heterocycles. The molecule has 4 heteroatoms. The van der Waals surface area contributed by atoms with Crippen LogP contribution in [-0.2, 0) is 11.2 Å². The zero-order valence-corrected chi connectivity index (χ0v) is 9.21. The molecule has 1 aliphatic rings. The summed E-state index contributed by atoms with van der Waals surface area (Å²) in [7, 11) is 0. The zero-order valence-electron chi connectivity index (χ0n) is 9.21. The highest BCUT2D eigenvalue weighted by molar-refractivity contribution is 5.93. The third-order valence-corrected chi connectivity index (χ3v) is 2.54. The smallest absolute Gasteiger partial charge is 0.228 e. The third-order valence-electron chi connectivity index (χ3n) is 2.54. The normalized spacial score (nSPS) is 15.7. The van der Waals surface area contributed by atoms with Gasteiger partial charge in [-0.2, -0.15) is 5.10 Å². The molecule has 0 radical (unpaired) electrons. The van der Waals surface area contributed by atoms with E-state index < -0.39 is 0 Å². The zero-order chi connectivity index (χ0) is 10.8. The Labute approximate surface area is 89.5 Å². The van der Waals surface area contributed by atoms with Crippen LogP contribution in [0.3, 0.4) is 0 Å². The van der Waals surface area contributed by atoms with Gasteiger partial charge in [-0.15, -0.1) is 0 Å². The molecule has 1 saturated carbocycles. The summed E-state index contributed by atoms with van der Waals surface area (Å²) < 4.78 is 0. The van der Waals surface area contributed by atoms with Crippen molar-refractivity contribution in [2.45, 2.75) is 33.1 Å². The first kappa shape index (κ1) is 10.2. The van der Waals surface area contributed by atoms with Gasteiger partial charge in [-0.1, -0.05) is 13.8 Å². The Morgan fingerprint density at radius 2 is 2.40 bits per heavy atom. The molecule has 2 rings (SSSR count). The number of nitrogens with one attached hydrogen (secondary N) is 2. The summed E-state index contributed by atoms with van der Waals surface area (Å²) in [6.45, 7) is 4.30. The minimum Gasteiger partial charge on any atom is -0.311 e. The lowest BCUT2D eigenvalue weighted by molar-refractivity contribution is -0.117. The van der Waals surface area contributed by atoms with Crippen molar-refractivity contribution < 1.29 is 4.79 Å². The van der Waals surface area contributed by atoms with E-state index in [-0.39, 0.29) is 11.8 Å². The van der Waals surface area contributed by atoms with E-state index in [1.165, 1.54) is 0 Å². The van der Waals surface area contributed by atoms with Crippen LogP contribution in [0, 0.1) is 11.8 Å². The quantitative estimate of drug-likeness (QED) is 0.792. The number of aromatic nitrogens is 2. The van der Waals surface area contributed by atoms with E-state index in [1.807, 2.05) is 0 Å². The van der Waals surface area contributed by atoms with Gasteiger partial charge in [-0.3, -0.25) is 9.89 Å². The molecule has 0 bridgehead atoms. The fraction of sp³-hybridized carbons (Fsp3) is 0.636. The first-order valence-corrected chi connectivity index (χ1v) is 5.50. The molecule has 4 nitrogen and oxygen atoms in total. The third kappa shape index (κ3) is 2.58. The van der Waals surface area contributed by atoms with Crippen LogP contribution in [0.5, 0.6) is 0 Å². The molecule has 82 valence electrons. The molecule has 1 amide bonds. The molecule has 15 heavy (non-hydrogen) atoms. The number of rotatable bonds is 4. The fourth-order valence-electron chi connectivity index (χ4n) is 1.58. The second-order valence-corrected chi connectivity index (χ2v) is 4.63. The number of H-pyrrole nitrogens is 1. The van der Waals surface area contributed by atoms with Crippen LogP contribution in [0.15, 0.2) is 6.20 Å². The average Bonchev–Trinajstić information content (AvgIpc) is 2.92. The Bertz CT molecular complexity index is 352. The second kappa shape index (κ2) is 4.04. The van der Waals surface area contributed by atoms with E-state index in [0.29, 0.717) is 5.92 Å². The van der Waals surface area contributed by atoms with E-state index in [4.69, 9.17) is 0 Å². The van der Waals surface area contributed by atoms with E-state index in [2.05, 4.69) is 29.4 Å². The van der Waals surface area contributed by atoms with Crippen molar-refractivity contribution >= 4 is 11.7 Å².